The predicted molar refractivity (Wildman–Crippen MR) is 146 cm³/mol. The molecule has 0 saturated heterocycles. The van der Waals surface area contributed by atoms with Crippen molar-refractivity contribution in [2.24, 2.45) is 5.10 Å². The zero-order chi connectivity index (χ0) is 26.6. The minimum absolute atomic E-state index is 0.0192. The van der Waals surface area contributed by atoms with Gasteiger partial charge in [-0.15, -0.1) is 0 Å². The molecule has 1 aliphatic rings. The van der Waals surface area contributed by atoms with E-state index in [1.165, 1.54) is 35.2 Å². The van der Waals surface area contributed by atoms with E-state index in [9.17, 15) is 19.3 Å². The molecule has 0 amide bonds. The highest BCUT2D eigenvalue weighted by Crippen LogP contribution is 2.33. The van der Waals surface area contributed by atoms with Crippen LogP contribution in [0, 0.1) is 15.9 Å². The van der Waals surface area contributed by atoms with E-state index in [1.54, 1.807) is 30.3 Å². The van der Waals surface area contributed by atoms with Crippen LogP contribution in [0.3, 0.4) is 0 Å². The van der Waals surface area contributed by atoms with Gasteiger partial charge in [0.25, 0.3) is 5.56 Å². The van der Waals surface area contributed by atoms with Gasteiger partial charge in [0, 0.05) is 22.0 Å². The third-order valence-electron chi connectivity index (χ3n) is 6.61. The quantitative estimate of drug-likeness (QED) is 0.138. The summed E-state index contributed by atoms with van der Waals surface area (Å²) >= 11 is 3.42. The number of rotatable bonds is 7. The van der Waals surface area contributed by atoms with Gasteiger partial charge in [-0.2, -0.15) is 9.78 Å². The highest BCUT2D eigenvalue weighted by Gasteiger charge is 2.23. The zero-order valence-electron chi connectivity index (χ0n) is 20.3. The Morgan fingerprint density at radius 1 is 1.13 bits per heavy atom. The Bertz CT molecular complexity index is 1600. The SMILES string of the molecule is O=c1c2cc(Br)ccc2nc(C2CCCCC2)n1N=Cc1cccc([N+](=O)[O-])c1OCc1cccc(F)c1. The first-order chi connectivity index (χ1) is 18.4. The lowest BCUT2D eigenvalue weighted by molar-refractivity contribution is -0.385. The number of para-hydroxylation sites is 1. The van der Waals surface area contributed by atoms with Gasteiger partial charge in [0.05, 0.1) is 22.0 Å². The second kappa shape index (κ2) is 11.2. The lowest BCUT2D eigenvalue weighted by atomic mass is 9.88. The first-order valence-corrected chi connectivity index (χ1v) is 13.1. The molecule has 0 bridgehead atoms. The summed E-state index contributed by atoms with van der Waals surface area (Å²) in [4.78, 5) is 29.6. The molecule has 194 valence electrons. The molecule has 0 aliphatic heterocycles. The van der Waals surface area contributed by atoms with Crippen molar-refractivity contribution in [2.75, 3.05) is 0 Å². The van der Waals surface area contributed by atoms with Crippen molar-refractivity contribution in [3.8, 4) is 5.75 Å². The normalized spacial score (nSPS) is 14.3. The number of halogens is 2. The second-order valence-electron chi connectivity index (χ2n) is 9.20. The Hall–Kier alpha value is -3.92. The van der Waals surface area contributed by atoms with Gasteiger partial charge in [-0.3, -0.25) is 14.9 Å². The molecule has 1 saturated carbocycles. The Kier molecular flexibility index (Phi) is 7.59. The molecule has 0 atom stereocenters. The third kappa shape index (κ3) is 5.50. The number of hydrogen-bond acceptors (Lipinski definition) is 6. The molecular weight excluding hydrogens is 555 g/mol. The fourth-order valence-electron chi connectivity index (χ4n) is 4.75. The monoisotopic (exact) mass is 578 g/mol. The first-order valence-electron chi connectivity index (χ1n) is 12.3. The van der Waals surface area contributed by atoms with Crippen molar-refractivity contribution in [3.63, 3.8) is 0 Å². The van der Waals surface area contributed by atoms with Gasteiger partial charge in [0.2, 0.25) is 5.75 Å². The highest BCUT2D eigenvalue weighted by molar-refractivity contribution is 9.10. The van der Waals surface area contributed by atoms with E-state index in [2.05, 4.69) is 21.0 Å². The Morgan fingerprint density at radius 3 is 2.68 bits per heavy atom. The maximum Gasteiger partial charge on any atom is 0.311 e. The smallest absolute Gasteiger partial charge is 0.311 e. The van der Waals surface area contributed by atoms with Gasteiger partial charge < -0.3 is 4.74 Å². The van der Waals surface area contributed by atoms with Crippen molar-refractivity contribution in [1.82, 2.24) is 9.66 Å². The molecule has 38 heavy (non-hydrogen) atoms. The molecule has 1 aromatic heterocycles. The molecule has 1 fully saturated rings. The summed E-state index contributed by atoms with van der Waals surface area (Å²) in [7, 11) is 0. The van der Waals surface area contributed by atoms with Crippen LogP contribution in [0.4, 0.5) is 10.1 Å². The number of benzene rings is 3. The van der Waals surface area contributed by atoms with Gasteiger partial charge in [0.15, 0.2) is 0 Å². The van der Waals surface area contributed by atoms with Gasteiger partial charge in [0.1, 0.15) is 18.2 Å². The van der Waals surface area contributed by atoms with Crippen molar-refractivity contribution < 1.29 is 14.1 Å². The van der Waals surface area contributed by atoms with Crippen LogP contribution in [-0.4, -0.2) is 20.8 Å². The van der Waals surface area contributed by atoms with Crippen LogP contribution >= 0.6 is 15.9 Å². The van der Waals surface area contributed by atoms with E-state index >= 15 is 0 Å². The Morgan fingerprint density at radius 2 is 1.92 bits per heavy atom. The van der Waals surface area contributed by atoms with E-state index in [4.69, 9.17) is 9.72 Å². The number of aromatic nitrogens is 2. The maximum atomic E-state index is 13.6. The average molecular weight is 579 g/mol. The van der Waals surface area contributed by atoms with Crippen LogP contribution in [0.15, 0.2) is 75.0 Å². The van der Waals surface area contributed by atoms with E-state index in [0.717, 1.165) is 36.6 Å². The summed E-state index contributed by atoms with van der Waals surface area (Å²) in [6.45, 7) is -0.0811. The number of nitrogens with zero attached hydrogens (tertiary/aromatic N) is 4. The molecule has 0 spiro atoms. The maximum absolute atomic E-state index is 13.6. The van der Waals surface area contributed by atoms with Crippen LogP contribution < -0.4 is 10.3 Å². The summed E-state index contributed by atoms with van der Waals surface area (Å²) in [5, 5.41) is 16.7. The molecule has 4 aromatic rings. The topological polar surface area (TPSA) is 99.6 Å². The number of hydrogen-bond donors (Lipinski definition) is 0. The Labute approximate surface area is 226 Å². The van der Waals surface area contributed by atoms with E-state index in [-0.39, 0.29) is 29.5 Å². The molecule has 0 radical (unpaired) electrons. The average Bonchev–Trinajstić information content (AvgIpc) is 2.92. The van der Waals surface area contributed by atoms with Gasteiger partial charge >= 0.3 is 5.69 Å². The zero-order valence-corrected chi connectivity index (χ0v) is 21.9. The highest BCUT2D eigenvalue weighted by atomic mass is 79.9. The first kappa shape index (κ1) is 25.7. The van der Waals surface area contributed by atoms with Crippen molar-refractivity contribution >= 4 is 38.7 Å². The van der Waals surface area contributed by atoms with Crippen molar-refractivity contribution in [1.29, 1.82) is 0 Å². The van der Waals surface area contributed by atoms with Gasteiger partial charge in [-0.05, 0) is 54.8 Å². The van der Waals surface area contributed by atoms with Crippen LogP contribution in [-0.2, 0) is 6.61 Å². The summed E-state index contributed by atoms with van der Waals surface area (Å²) in [5.74, 6) is 0.207. The van der Waals surface area contributed by atoms with Gasteiger partial charge in [-0.25, -0.2) is 9.37 Å². The fourth-order valence-corrected chi connectivity index (χ4v) is 5.11. The molecule has 1 aliphatic carbocycles. The summed E-state index contributed by atoms with van der Waals surface area (Å²) in [6.07, 6.45) is 6.43. The van der Waals surface area contributed by atoms with Crippen LogP contribution in [0.5, 0.6) is 5.75 Å². The van der Waals surface area contributed by atoms with Crippen molar-refractivity contribution in [3.05, 3.63) is 108 Å². The molecular formula is C28H24BrFN4O4. The molecule has 0 unspecified atom stereocenters. The molecule has 0 N–H and O–H groups in total. The number of nitro benzene ring substituents is 1. The Balaban J connectivity index is 1.58. The minimum Gasteiger partial charge on any atom is -0.481 e. The summed E-state index contributed by atoms with van der Waals surface area (Å²) in [5.41, 5.74) is 0.851. The second-order valence-corrected chi connectivity index (χ2v) is 10.1. The van der Waals surface area contributed by atoms with Crippen LogP contribution in [0.2, 0.25) is 0 Å². The van der Waals surface area contributed by atoms with Crippen LogP contribution in [0.25, 0.3) is 10.9 Å². The summed E-state index contributed by atoms with van der Waals surface area (Å²) < 4.78 is 21.5. The number of fused-ring (bicyclic) bond motifs is 1. The molecule has 10 heteroatoms. The third-order valence-corrected chi connectivity index (χ3v) is 7.10. The molecule has 1 heterocycles. The minimum atomic E-state index is -0.549. The fraction of sp³-hybridized carbons (Fsp3) is 0.250. The standard InChI is InChI=1S/C28H24BrFN4O4/c29-21-12-13-24-23(15-21)28(35)33(27(32-24)19-7-2-1-3-8-19)31-16-20-9-5-11-25(34(36)37)26(20)38-17-18-6-4-10-22(30)14-18/h4-6,9-16,19H,1-3,7-8,17H2. The predicted octanol–water partition coefficient (Wildman–Crippen LogP) is 6.72. The van der Waals surface area contributed by atoms with E-state index in [0.29, 0.717) is 27.9 Å². The van der Waals surface area contributed by atoms with Crippen molar-refractivity contribution in [2.45, 2.75) is 44.6 Å². The largest absolute Gasteiger partial charge is 0.481 e. The van der Waals surface area contributed by atoms with Crippen LogP contribution in [0.1, 0.15) is 55.0 Å². The number of ether oxygens (including phenoxy) is 1. The summed E-state index contributed by atoms with van der Waals surface area (Å²) in [6, 6.07) is 15.7. The van der Waals surface area contributed by atoms with Gasteiger partial charge in [-0.1, -0.05) is 53.4 Å². The molecule has 8 nitrogen and oxygen atoms in total. The lowest BCUT2D eigenvalue weighted by Gasteiger charge is -2.22. The number of nitro groups is 1. The molecule has 3 aromatic carbocycles. The molecule has 5 rings (SSSR count). The lowest BCUT2D eigenvalue weighted by Crippen LogP contribution is -2.25. The van der Waals surface area contributed by atoms with E-state index in [1.807, 2.05) is 6.07 Å². The van der Waals surface area contributed by atoms with E-state index < -0.39 is 10.7 Å².